The number of nitro groups is 1. The largest absolute Gasteiger partial charge is 0.437 e. The van der Waals surface area contributed by atoms with Crippen molar-refractivity contribution in [3.8, 4) is 0 Å². The number of carbonyl (C=O) groups is 1. The maximum atomic E-state index is 11.0. The van der Waals surface area contributed by atoms with Gasteiger partial charge in [-0.05, 0) is 19.0 Å². The van der Waals surface area contributed by atoms with Crippen LogP contribution in [0.25, 0.3) is 0 Å². The van der Waals surface area contributed by atoms with E-state index in [1.807, 2.05) is 0 Å². The topological polar surface area (TPSA) is 131 Å². The Labute approximate surface area is 122 Å². The van der Waals surface area contributed by atoms with Gasteiger partial charge in [0.25, 0.3) is 5.69 Å². The molecule has 9 heteroatoms. The molecule has 1 aromatic rings. The highest BCUT2D eigenvalue weighted by Gasteiger charge is 2.15. The third-order valence-corrected chi connectivity index (χ3v) is 2.59. The third kappa shape index (κ3) is 5.63. The molecular weight excluding hydrogens is 275 g/mol. The first-order valence-electron chi connectivity index (χ1n) is 6.30. The molecule has 0 atom stereocenters. The Hall–Kier alpha value is -2.39. The molecule has 0 aromatic heterocycles. The Morgan fingerprint density at radius 1 is 1.48 bits per heavy atom. The van der Waals surface area contributed by atoms with Crippen LogP contribution in [0.15, 0.2) is 30.4 Å². The van der Waals surface area contributed by atoms with Gasteiger partial charge in [0, 0.05) is 24.7 Å². The number of hydrogen-bond donors (Lipinski definition) is 4. The highest BCUT2D eigenvalue weighted by atomic mass is 16.6. The molecule has 21 heavy (non-hydrogen) atoms. The van der Waals surface area contributed by atoms with Crippen LogP contribution >= 0.6 is 0 Å². The van der Waals surface area contributed by atoms with E-state index in [0.29, 0.717) is 18.8 Å². The molecule has 0 bridgehead atoms. The Balaban J connectivity index is 2.66. The fourth-order valence-corrected chi connectivity index (χ4v) is 1.56. The lowest BCUT2D eigenvalue weighted by molar-refractivity contribution is -0.384. The van der Waals surface area contributed by atoms with Crippen molar-refractivity contribution in [1.82, 2.24) is 5.23 Å². The van der Waals surface area contributed by atoms with Gasteiger partial charge in [-0.1, -0.05) is 12.2 Å². The van der Waals surface area contributed by atoms with Crippen LogP contribution in [0.4, 0.5) is 11.4 Å². The van der Waals surface area contributed by atoms with Crippen molar-refractivity contribution in [3.63, 3.8) is 0 Å². The van der Waals surface area contributed by atoms with Crippen LogP contribution < -0.4 is 16.3 Å². The summed E-state index contributed by atoms with van der Waals surface area (Å²) in [7, 11) is -0.593. The van der Waals surface area contributed by atoms with Gasteiger partial charge in [-0.2, -0.15) is 0 Å². The van der Waals surface area contributed by atoms with E-state index in [1.54, 1.807) is 19.0 Å². The minimum absolute atomic E-state index is 0.0870. The lowest BCUT2D eigenvalue weighted by Crippen LogP contribution is -2.30. The zero-order valence-corrected chi connectivity index (χ0v) is 11.6. The van der Waals surface area contributed by atoms with Gasteiger partial charge >= 0.3 is 7.05 Å². The van der Waals surface area contributed by atoms with Crippen molar-refractivity contribution >= 4 is 24.3 Å². The quantitative estimate of drug-likeness (QED) is 0.237. The first-order chi connectivity index (χ1) is 9.91. The summed E-state index contributed by atoms with van der Waals surface area (Å²) in [6.45, 7) is 2.47. The second kappa shape index (κ2) is 8.03. The molecule has 0 saturated carbocycles. The van der Waals surface area contributed by atoms with E-state index in [4.69, 9.17) is 10.8 Å². The molecule has 1 aromatic carbocycles. The monoisotopic (exact) mass is 292 g/mol. The lowest BCUT2D eigenvalue weighted by Gasteiger charge is -2.06. The van der Waals surface area contributed by atoms with E-state index < -0.39 is 17.9 Å². The zero-order valence-electron chi connectivity index (χ0n) is 11.6. The van der Waals surface area contributed by atoms with Gasteiger partial charge in [0.2, 0.25) is 5.91 Å². The van der Waals surface area contributed by atoms with Crippen molar-refractivity contribution in [2.24, 2.45) is 5.73 Å². The molecule has 0 heterocycles. The van der Waals surface area contributed by atoms with E-state index in [9.17, 15) is 14.9 Å². The number of rotatable bonds is 8. The van der Waals surface area contributed by atoms with Crippen LogP contribution in [-0.4, -0.2) is 36.0 Å². The first kappa shape index (κ1) is 16.7. The Kier molecular flexibility index (Phi) is 6.37. The normalized spacial score (nSPS) is 10.6. The molecule has 0 aliphatic carbocycles. The van der Waals surface area contributed by atoms with Crippen molar-refractivity contribution in [2.45, 2.75) is 6.82 Å². The Morgan fingerprint density at radius 2 is 2.14 bits per heavy atom. The number of benzene rings is 1. The van der Waals surface area contributed by atoms with Crippen LogP contribution in [0.5, 0.6) is 0 Å². The standard InChI is InChI=1S/C12H17BN4O4/c1-13(19)16-7-3-2-6-15-10-5-4-9(12(14)18)8-11(10)17(20)21/h2-5,8,15-16,19H,6-7H2,1H3,(H2,14,18)/b3-2+. The van der Waals surface area contributed by atoms with Crippen molar-refractivity contribution in [2.75, 3.05) is 18.4 Å². The second-order valence-electron chi connectivity index (χ2n) is 4.29. The van der Waals surface area contributed by atoms with Crippen LogP contribution in [0.1, 0.15) is 10.4 Å². The van der Waals surface area contributed by atoms with E-state index >= 15 is 0 Å². The summed E-state index contributed by atoms with van der Waals surface area (Å²) >= 11 is 0. The summed E-state index contributed by atoms with van der Waals surface area (Å²) in [4.78, 5) is 21.4. The summed E-state index contributed by atoms with van der Waals surface area (Å²) < 4.78 is 0. The Morgan fingerprint density at radius 3 is 2.71 bits per heavy atom. The van der Waals surface area contributed by atoms with Crippen molar-refractivity contribution < 1.29 is 14.7 Å². The molecule has 0 fully saturated rings. The fourth-order valence-electron chi connectivity index (χ4n) is 1.56. The molecular formula is C12H17BN4O4. The summed E-state index contributed by atoms with van der Waals surface area (Å²) in [6, 6.07) is 4.01. The molecule has 5 N–H and O–H groups in total. The van der Waals surface area contributed by atoms with Crippen LogP contribution in [0.2, 0.25) is 6.82 Å². The smallest absolute Gasteiger partial charge is 0.373 e. The van der Waals surface area contributed by atoms with Gasteiger partial charge in [0.05, 0.1) is 4.92 Å². The van der Waals surface area contributed by atoms with E-state index in [0.717, 1.165) is 6.07 Å². The predicted molar refractivity (Wildman–Crippen MR) is 81.1 cm³/mol. The van der Waals surface area contributed by atoms with Crippen LogP contribution in [0.3, 0.4) is 0 Å². The second-order valence-corrected chi connectivity index (χ2v) is 4.29. The highest BCUT2D eigenvalue weighted by Crippen LogP contribution is 2.25. The number of carbonyl (C=O) groups excluding carboxylic acids is 1. The average molecular weight is 292 g/mol. The van der Waals surface area contributed by atoms with E-state index in [-0.39, 0.29) is 11.3 Å². The molecule has 0 aliphatic rings. The van der Waals surface area contributed by atoms with Gasteiger partial charge < -0.3 is 21.3 Å². The number of anilines is 1. The molecule has 1 amide bonds. The lowest BCUT2D eigenvalue weighted by atomic mass is 9.89. The minimum Gasteiger partial charge on any atom is -0.437 e. The number of nitrogens with one attached hydrogen (secondary N) is 2. The summed E-state index contributed by atoms with van der Waals surface area (Å²) in [5.74, 6) is -0.714. The first-order valence-corrected chi connectivity index (χ1v) is 6.30. The number of nitrogens with zero attached hydrogens (tertiary/aromatic N) is 1. The SMILES string of the molecule is CB(O)NC/C=C/CNc1ccc(C(N)=O)cc1[N+](=O)[O-]. The van der Waals surface area contributed by atoms with Gasteiger partial charge in [-0.25, -0.2) is 0 Å². The predicted octanol–water partition coefficient (Wildman–Crippen LogP) is 0.362. The number of hydrogen-bond acceptors (Lipinski definition) is 6. The number of primary amides is 1. The van der Waals surface area contributed by atoms with Crippen LogP contribution in [0, 0.1) is 10.1 Å². The minimum atomic E-state index is -0.714. The number of nitro benzene ring substituents is 1. The van der Waals surface area contributed by atoms with Gasteiger partial charge in [0.15, 0.2) is 0 Å². The molecule has 112 valence electrons. The maximum absolute atomic E-state index is 11.0. The summed E-state index contributed by atoms with van der Waals surface area (Å²) in [5.41, 5.74) is 5.28. The van der Waals surface area contributed by atoms with E-state index in [2.05, 4.69) is 10.5 Å². The van der Waals surface area contributed by atoms with Gasteiger partial charge in [-0.3, -0.25) is 14.9 Å². The van der Waals surface area contributed by atoms with E-state index in [1.165, 1.54) is 12.1 Å². The van der Waals surface area contributed by atoms with Crippen LogP contribution in [-0.2, 0) is 0 Å². The number of nitrogens with two attached hydrogens (primary N) is 1. The van der Waals surface area contributed by atoms with Crippen molar-refractivity contribution in [1.29, 1.82) is 0 Å². The zero-order chi connectivity index (χ0) is 15.8. The molecule has 0 radical (unpaired) electrons. The maximum Gasteiger partial charge on any atom is 0.373 e. The average Bonchev–Trinajstić information content (AvgIpc) is 2.42. The summed E-state index contributed by atoms with van der Waals surface area (Å²) in [5, 5.41) is 25.6. The molecule has 1 rings (SSSR count). The third-order valence-electron chi connectivity index (χ3n) is 2.59. The van der Waals surface area contributed by atoms with Crippen molar-refractivity contribution in [3.05, 3.63) is 46.0 Å². The molecule has 8 nitrogen and oxygen atoms in total. The molecule has 0 aliphatic heterocycles. The Bertz CT molecular complexity index is 548. The van der Waals surface area contributed by atoms with Gasteiger partial charge in [-0.15, -0.1) is 0 Å². The molecule has 0 spiro atoms. The number of amides is 1. The highest BCUT2D eigenvalue weighted by molar-refractivity contribution is 6.45. The summed E-state index contributed by atoms with van der Waals surface area (Å²) in [6.07, 6.45) is 3.55. The van der Waals surface area contributed by atoms with Gasteiger partial charge in [0.1, 0.15) is 5.69 Å². The fraction of sp³-hybridized carbons (Fsp3) is 0.250. The molecule has 0 unspecified atom stereocenters. The molecule has 0 saturated heterocycles.